The first kappa shape index (κ1) is 15.4. The second-order valence-corrected chi connectivity index (χ2v) is 4.24. The van der Waals surface area contributed by atoms with Gasteiger partial charge in [-0.3, -0.25) is 4.21 Å². The van der Waals surface area contributed by atoms with Crippen molar-refractivity contribution < 1.29 is 36.6 Å². The van der Waals surface area contributed by atoms with E-state index in [-0.39, 0.29) is 11.1 Å². The molecule has 1 heterocycles. The summed E-state index contributed by atoms with van der Waals surface area (Å²) in [4.78, 5) is 14.0. The number of hydrogen-bond acceptors (Lipinski definition) is 5. The summed E-state index contributed by atoms with van der Waals surface area (Å²) in [7, 11) is 0. The van der Waals surface area contributed by atoms with Crippen LogP contribution < -0.4 is 4.74 Å². The summed E-state index contributed by atoms with van der Waals surface area (Å²) in [5.41, 5.74) is -0.600. The van der Waals surface area contributed by atoms with Gasteiger partial charge in [-0.1, -0.05) is 11.1 Å². The van der Waals surface area contributed by atoms with Gasteiger partial charge < -0.3 is 14.4 Å². The Balaban J connectivity index is 3.01. The van der Waals surface area contributed by atoms with E-state index in [0.29, 0.717) is 0 Å². The van der Waals surface area contributed by atoms with Gasteiger partial charge in [0.25, 0.3) is 0 Å². The lowest BCUT2D eigenvalue weighted by Gasteiger charge is -2.13. The van der Waals surface area contributed by atoms with Crippen LogP contribution in [0, 0.1) is 0 Å². The van der Waals surface area contributed by atoms with Crippen molar-refractivity contribution in [2.45, 2.75) is 11.9 Å². The van der Waals surface area contributed by atoms with Crippen molar-refractivity contribution in [2.24, 2.45) is 0 Å². The minimum absolute atomic E-state index is 0.252. The lowest BCUT2D eigenvalue weighted by Crippen LogP contribution is -2.20. The number of carboxylic acid groups (broad SMARTS) is 1. The van der Waals surface area contributed by atoms with Crippen molar-refractivity contribution >= 4 is 17.0 Å². The van der Waals surface area contributed by atoms with Crippen LogP contribution in [0.2, 0.25) is 0 Å². The van der Waals surface area contributed by atoms with Gasteiger partial charge in [0, 0.05) is 17.5 Å². The summed E-state index contributed by atoms with van der Waals surface area (Å²) in [6.45, 7) is -1.65. The molecule has 1 rings (SSSR count). The van der Waals surface area contributed by atoms with E-state index < -0.39 is 41.5 Å². The van der Waals surface area contributed by atoms with Crippen LogP contribution in [0.15, 0.2) is 12.3 Å². The fourth-order valence-corrected chi connectivity index (χ4v) is 1.59. The Morgan fingerprint density at radius 3 is 2.63 bits per heavy atom. The van der Waals surface area contributed by atoms with Crippen molar-refractivity contribution in [3.05, 3.63) is 23.4 Å². The molecule has 0 aliphatic carbocycles. The predicted molar refractivity (Wildman–Crippen MR) is 55.4 cm³/mol. The number of pyridine rings is 1. The summed E-state index contributed by atoms with van der Waals surface area (Å²) in [5.74, 6) is -2.64. The summed E-state index contributed by atoms with van der Waals surface area (Å²) < 4.78 is 61.4. The van der Waals surface area contributed by atoms with E-state index in [4.69, 9.17) is 5.11 Å². The number of aromatic carboxylic acids is 1. The molecule has 1 atom stereocenters. The van der Waals surface area contributed by atoms with E-state index in [1.165, 1.54) is 0 Å². The summed E-state index contributed by atoms with van der Waals surface area (Å²) in [6.07, 6.45) is -3.83. The zero-order chi connectivity index (χ0) is 14.6. The number of aromatic nitrogens is 1. The largest absolute Gasteiger partial charge is 0.772 e. The maximum Gasteiger partial charge on any atom is 0.422 e. The smallest absolute Gasteiger partial charge is 0.422 e. The van der Waals surface area contributed by atoms with Crippen LogP contribution in [0.1, 0.15) is 15.9 Å². The highest BCUT2D eigenvalue weighted by molar-refractivity contribution is 7.78. The Morgan fingerprint density at radius 2 is 2.16 bits per heavy atom. The Kier molecular flexibility index (Phi) is 4.84. The number of alkyl halides is 3. The van der Waals surface area contributed by atoms with Crippen molar-refractivity contribution in [2.75, 3.05) is 6.61 Å². The van der Waals surface area contributed by atoms with Crippen LogP contribution in [0.4, 0.5) is 13.2 Å². The first-order valence-corrected chi connectivity index (χ1v) is 5.91. The molecule has 106 valence electrons. The van der Waals surface area contributed by atoms with E-state index in [1.54, 1.807) is 0 Å². The fourth-order valence-electron chi connectivity index (χ4n) is 1.13. The highest BCUT2D eigenvalue weighted by Crippen LogP contribution is 2.22. The van der Waals surface area contributed by atoms with E-state index >= 15 is 0 Å². The number of nitrogens with zero attached hydrogens (tertiary/aromatic N) is 1. The Bertz CT molecular complexity index is 505. The summed E-state index contributed by atoms with van der Waals surface area (Å²) >= 11 is -2.62. The molecule has 1 aromatic heterocycles. The number of carbonyl (C=O) groups is 1. The Hall–Kier alpha value is -1.68. The van der Waals surface area contributed by atoms with Crippen LogP contribution >= 0.6 is 0 Å². The molecular weight excluding hydrogens is 291 g/mol. The molecule has 0 aliphatic rings. The highest BCUT2D eigenvalue weighted by Gasteiger charge is 2.29. The Morgan fingerprint density at radius 1 is 1.53 bits per heavy atom. The van der Waals surface area contributed by atoms with E-state index in [2.05, 4.69) is 9.72 Å². The van der Waals surface area contributed by atoms with Crippen molar-refractivity contribution in [3.8, 4) is 5.88 Å². The highest BCUT2D eigenvalue weighted by atomic mass is 32.2. The molecular formula is C9H7F3NO5S-. The molecule has 19 heavy (non-hydrogen) atoms. The van der Waals surface area contributed by atoms with Gasteiger partial charge in [-0.15, -0.1) is 0 Å². The average molecular weight is 298 g/mol. The molecule has 10 heteroatoms. The molecule has 0 aromatic carbocycles. The van der Waals surface area contributed by atoms with Gasteiger partial charge in [-0.2, -0.15) is 13.2 Å². The second-order valence-electron chi connectivity index (χ2n) is 3.35. The molecule has 1 N–H and O–H groups in total. The normalized spacial score (nSPS) is 13.1. The zero-order valence-corrected chi connectivity index (χ0v) is 9.95. The van der Waals surface area contributed by atoms with Gasteiger partial charge in [0.15, 0.2) is 6.61 Å². The van der Waals surface area contributed by atoms with E-state index in [0.717, 1.165) is 12.3 Å². The third kappa shape index (κ3) is 5.22. The quantitative estimate of drug-likeness (QED) is 0.817. The van der Waals surface area contributed by atoms with Gasteiger partial charge in [0.1, 0.15) is 0 Å². The van der Waals surface area contributed by atoms with Crippen molar-refractivity contribution in [1.82, 2.24) is 4.98 Å². The Labute approximate surface area is 107 Å². The maximum absolute atomic E-state index is 12.0. The predicted octanol–water partition coefficient (Wildman–Crippen LogP) is 1.10. The third-order valence-electron chi connectivity index (χ3n) is 1.82. The van der Waals surface area contributed by atoms with Crippen LogP contribution in [0.25, 0.3) is 0 Å². The molecule has 0 saturated heterocycles. The van der Waals surface area contributed by atoms with E-state index in [1.807, 2.05) is 0 Å². The molecule has 0 radical (unpaired) electrons. The number of carboxylic acids is 1. The number of halogens is 3. The van der Waals surface area contributed by atoms with Crippen LogP contribution in [0.3, 0.4) is 0 Å². The maximum atomic E-state index is 12.0. The van der Waals surface area contributed by atoms with Gasteiger partial charge in [-0.05, 0) is 6.07 Å². The van der Waals surface area contributed by atoms with Gasteiger partial charge in [0.2, 0.25) is 5.88 Å². The topological polar surface area (TPSA) is 99.6 Å². The summed E-state index contributed by atoms with van der Waals surface area (Å²) in [6, 6.07) is 0.900. The van der Waals surface area contributed by atoms with Crippen LogP contribution in [0.5, 0.6) is 5.88 Å². The first-order chi connectivity index (χ1) is 8.69. The summed E-state index contributed by atoms with van der Waals surface area (Å²) in [5, 5.41) is 8.68. The van der Waals surface area contributed by atoms with Gasteiger partial charge in [0.05, 0.1) is 5.56 Å². The lowest BCUT2D eigenvalue weighted by molar-refractivity contribution is -0.154. The number of rotatable bonds is 5. The van der Waals surface area contributed by atoms with Gasteiger partial charge >= 0.3 is 12.1 Å². The molecule has 0 amide bonds. The van der Waals surface area contributed by atoms with Crippen LogP contribution in [-0.2, 0) is 16.8 Å². The molecule has 1 aromatic rings. The molecule has 0 aliphatic heterocycles. The third-order valence-corrected chi connectivity index (χ3v) is 2.36. The van der Waals surface area contributed by atoms with Crippen molar-refractivity contribution in [3.63, 3.8) is 0 Å². The first-order valence-electron chi connectivity index (χ1n) is 4.66. The van der Waals surface area contributed by atoms with E-state index in [9.17, 15) is 26.7 Å². The minimum atomic E-state index is -4.61. The minimum Gasteiger partial charge on any atom is -0.772 e. The van der Waals surface area contributed by atoms with Crippen molar-refractivity contribution in [1.29, 1.82) is 0 Å². The lowest BCUT2D eigenvalue weighted by atomic mass is 10.2. The average Bonchev–Trinajstić information content (AvgIpc) is 2.25. The standard InChI is InChI=1S/C9H8F3NO5S/c10-9(11,12)4-18-7-6(3-19(16)17)1-5(2-13-7)8(14)15/h1-2H,3-4H2,(H,14,15)(H,16,17)/p-1. The fraction of sp³-hybridized carbons (Fsp3) is 0.333. The van der Waals surface area contributed by atoms with Gasteiger partial charge in [-0.25, -0.2) is 9.78 Å². The zero-order valence-electron chi connectivity index (χ0n) is 9.14. The molecule has 0 spiro atoms. The number of ether oxygens (including phenoxy) is 1. The molecule has 6 nitrogen and oxygen atoms in total. The SMILES string of the molecule is O=C(O)c1cnc(OCC(F)(F)F)c(CS(=O)[O-])c1. The number of hydrogen-bond donors (Lipinski definition) is 1. The second kappa shape index (κ2) is 5.97. The molecule has 0 saturated carbocycles. The monoisotopic (exact) mass is 298 g/mol. The molecule has 1 unspecified atom stereocenters. The van der Waals surface area contributed by atoms with Crippen LogP contribution in [-0.4, -0.2) is 37.6 Å². The molecule has 0 fully saturated rings. The molecule has 0 bridgehead atoms.